The second-order valence-electron chi connectivity index (χ2n) is 6.06. The number of nitrogens with zero attached hydrogens (tertiary/aromatic N) is 1. The van der Waals surface area contributed by atoms with E-state index in [-0.39, 0.29) is 6.54 Å². The van der Waals surface area contributed by atoms with Gasteiger partial charge in [-0.05, 0) is 30.0 Å². The Hall–Kier alpha value is -1.96. The van der Waals surface area contributed by atoms with Crippen LogP contribution in [0.5, 0.6) is 0 Å². The zero-order valence-electron chi connectivity index (χ0n) is 13.2. The average Bonchev–Trinajstić information content (AvgIpc) is 3.03. The molecule has 0 unspecified atom stereocenters. The summed E-state index contributed by atoms with van der Waals surface area (Å²) < 4.78 is 33.3. The van der Waals surface area contributed by atoms with Gasteiger partial charge in [-0.2, -0.15) is 5.10 Å². The van der Waals surface area contributed by atoms with Crippen molar-refractivity contribution >= 4 is 16.1 Å². The van der Waals surface area contributed by atoms with Gasteiger partial charge in [-0.25, -0.2) is 13.1 Å². The van der Waals surface area contributed by atoms with Crippen LogP contribution in [0.3, 0.4) is 0 Å². The average molecular weight is 345 g/mol. The number of rotatable bonds is 4. The van der Waals surface area contributed by atoms with Gasteiger partial charge < -0.3 is 4.74 Å². The lowest BCUT2D eigenvalue weighted by Gasteiger charge is -2.17. The molecule has 1 aliphatic heterocycles. The Morgan fingerprint density at radius 3 is 3.00 bits per heavy atom. The topological polar surface area (TPSA) is 84.1 Å². The summed E-state index contributed by atoms with van der Waals surface area (Å²) >= 11 is 0. The summed E-state index contributed by atoms with van der Waals surface area (Å²) in [5.41, 5.74) is 4.91. The maximum Gasteiger partial charge on any atom is 0.237 e. The predicted molar refractivity (Wildman–Crippen MR) is 90.4 cm³/mol. The van der Waals surface area contributed by atoms with E-state index >= 15 is 0 Å². The van der Waals surface area contributed by atoms with Crippen LogP contribution in [0.2, 0.25) is 0 Å². The Morgan fingerprint density at radius 1 is 1.21 bits per heavy atom. The van der Waals surface area contributed by atoms with E-state index in [1.807, 2.05) is 24.3 Å². The highest BCUT2D eigenvalue weighted by molar-refractivity contribution is 7.93. The maximum absolute atomic E-state index is 12.6. The molecule has 7 heteroatoms. The number of nitrogens with one attached hydrogen (secondary N) is 2. The highest BCUT2D eigenvalue weighted by Crippen LogP contribution is 2.27. The molecule has 24 heavy (non-hydrogen) atoms. The SMILES string of the molecule is O=S(=O)(NCc1n[nH]c2c1COCC2)C1=Cc2ccccc2CC1. The van der Waals surface area contributed by atoms with Crippen molar-refractivity contribution in [3.8, 4) is 0 Å². The molecule has 6 nitrogen and oxygen atoms in total. The van der Waals surface area contributed by atoms with Gasteiger partial charge in [-0.1, -0.05) is 24.3 Å². The normalized spacial score (nSPS) is 17.1. The molecule has 126 valence electrons. The van der Waals surface area contributed by atoms with E-state index in [0.717, 1.165) is 29.7 Å². The zero-order valence-corrected chi connectivity index (χ0v) is 14.0. The second-order valence-corrected chi connectivity index (χ2v) is 7.88. The summed E-state index contributed by atoms with van der Waals surface area (Å²) in [4.78, 5) is 0.432. The van der Waals surface area contributed by atoms with Crippen molar-refractivity contribution in [1.82, 2.24) is 14.9 Å². The van der Waals surface area contributed by atoms with E-state index in [2.05, 4.69) is 14.9 Å². The summed E-state index contributed by atoms with van der Waals surface area (Å²) in [6.07, 6.45) is 3.82. The number of hydrogen-bond acceptors (Lipinski definition) is 4. The number of sulfonamides is 1. The van der Waals surface area contributed by atoms with Gasteiger partial charge in [0.1, 0.15) is 0 Å². The summed E-state index contributed by atoms with van der Waals surface area (Å²) in [6.45, 7) is 1.34. The molecule has 0 saturated heterocycles. The highest BCUT2D eigenvalue weighted by Gasteiger charge is 2.23. The van der Waals surface area contributed by atoms with Crippen molar-refractivity contribution in [2.45, 2.75) is 32.4 Å². The molecule has 0 atom stereocenters. The number of aromatic nitrogens is 2. The van der Waals surface area contributed by atoms with E-state index in [1.165, 1.54) is 5.56 Å². The summed E-state index contributed by atoms with van der Waals surface area (Å²) in [7, 11) is -3.51. The van der Waals surface area contributed by atoms with Gasteiger partial charge in [0.05, 0.1) is 30.4 Å². The molecule has 1 aromatic carbocycles. The van der Waals surface area contributed by atoms with Crippen LogP contribution < -0.4 is 4.72 Å². The van der Waals surface area contributed by atoms with Gasteiger partial charge in [0, 0.05) is 17.7 Å². The molecule has 4 rings (SSSR count). The highest BCUT2D eigenvalue weighted by atomic mass is 32.2. The van der Waals surface area contributed by atoms with Crippen LogP contribution in [0.25, 0.3) is 6.08 Å². The Labute approximate surface area is 141 Å². The zero-order chi connectivity index (χ0) is 16.6. The van der Waals surface area contributed by atoms with E-state index in [1.54, 1.807) is 6.08 Å². The Kier molecular flexibility index (Phi) is 3.99. The van der Waals surface area contributed by atoms with Gasteiger partial charge in [-0.3, -0.25) is 5.10 Å². The number of allylic oxidation sites excluding steroid dienone is 1. The minimum Gasteiger partial charge on any atom is -0.376 e. The van der Waals surface area contributed by atoms with Gasteiger partial charge in [-0.15, -0.1) is 0 Å². The molecule has 1 aliphatic carbocycles. The van der Waals surface area contributed by atoms with Crippen LogP contribution in [-0.4, -0.2) is 25.2 Å². The maximum atomic E-state index is 12.6. The third kappa shape index (κ3) is 2.90. The molecule has 2 aromatic rings. The van der Waals surface area contributed by atoms with Crippen LogP contribution in [0, 0.1) is 0 Å². The van der Waals surface area contributed by atoms with E-state index < -0.39 is 10.0 Å². The Morgan fingerprint density at radius 2 is 2.08 bits per heavy atom. The molecular weight excluding hydrogens is 326 g/mol. The standard InChI is InChI=1S/C17H19N3O3S/c21-24(22,14-6-5-12-3-1-2-4-13(12)9-14)18-10-17-15-11-23-8-7-16(15)19-20-17/h1-4,9,18H,5-8,10-11H2,(H,19,20). The Bertz CT molecular complexity index is 900. The van der Waals surface area contributed by atoms with Gasteiger partial charge >= 0.3 is 0 Å². The molecule has 1 aromatic heterocycles. The van der Waals surface area contributed by atoms with E-state index in [4.69, 9.17) is 4.74 Å². The van der Waals surface area contributed by atoms with Crippen molar-refractivity contribution < 1.29 is 13.2 Å². The molecule has 2 heterocycles. The number of aryl methyl sites for hydroxylation is 1. The molecular formula is C17H19N3O3S. The lowest BCUT2D eigenvalue weighted by atomic mass is 9.98. The first-order chi connectivity index (χ1) is 11.6. The second kappa shape index (κ2) is 6.16. The first-order valence-corrected chi connectivity index (χ1v) is 9.53. The van der Waals surface area contributed by atoms with Crippen LogP contribution >= 0.6 is 0 Å². The molecule has 0 radical (unpaired) electrons. The Balaban J connectivity index is 1.52. The number of hydrogen-bond donors (Lipinski definition) is 2. The number of fused-ring (bicyclic) bond motifs is 2. The lowest BCUT2D eigenvalue weighted by molar-refractivity contribution is 0.109. The number of ether oxygens (including phenoxy) is 1. The van der Waals surface area contributed by atoms with Crippen molar-refractivity contribution in [2.75, 3.05) is 6.61 Å². The first-order valence-electron chi connectivity index (χ1n) is 8.04. The molecule has 2 aliphatic rings. The van der Waals surface area contributed by atoms with Crippen LogP contribution in [0.1, 0.15) is 34.5 Å². The van der Waals surface area contributed by atoms with Gasteiger partial charge in [0.2, 0.25) is 10.0 Å². The number of aromatic amines is 1. The largest absolute Gasteiger partial charge is 0.376 e. The van der Waals surface area contributed by atoms with Crippen molar-refractivity contribution in [2.24, 2.45) is 0 Å². The summed E-state index contributed by atoms with van der Waals surface area (Å²) in [5.74, 6) is 0. The monoisotopic (exact) mass is 345 g/mol. The van der Waals surface area contributed by atoms with Crippen LogP contribution in [0.15, 0.2) is 29.2 Å². The minimum atomic E-state index is -3.51. The predicted octanol–water partition coefficient (Wildman–Crippen LogP) is 1.89. The number of H-pyrrole nitrogens is 1. The fourth-order valence-electron chi connectivity index (χ4n) is 3.19. The van der Waals surface area contributed by atoms with Crippen molar-refractivity contribution in [3.05, 3.63) is 57.2 Å². The lowest BCUT2D eigenvalue weighted by Crippen LogP contribution is -2.26. The fourth-order valence-corrected chi connectivity index (χ4v) is 4.36. The molecule has 0 spiro atoms. The smallest absolute Gasteiger partial charge is 0.237 e. The summed E-state index contributed by atoms with van der Waals surface area (Å²) in [5, 5.41) is 7.21. The first kappa shape index (κ1) is 15.6. The fraction of sp³-hybridized carbons (Fsp3) is 0.353. The van der Waals surface area contributed by atoms with Gasteiger partial charge in [0.25, 0.3) is 0 Å². The molecule has 2 N–H and O–H groups in total. The third-order valence-electron chi connectivity index (χ3n) is 4.57. The third-order valence-corrected chi connectivity index (χ3v) is 6.11. The van der Waals surface area contributed by atoms with E-state index in [9.17, 15) is 8.42 Å². The molecule has 0 bridgehead atoms. The quantitative estimate of drug-likeness (QED) is 0.886. The van der Waals surface area contributed by atoms with Crippen molar-refractivity contribution in [3.63, 3.8) is 0 Å². The van der Waals surface area contributed by atoms with Crippen LogP contribution in [0.4, 0.5) is 0 Å². The molecule has 0 amide bonds. The van der Waals surface area contributed by atoms with E-state index in [0.29, 0.717) is 30.2 Å². The molecule has 0 fully saturated rings. The van der Waals surface area contributed by atoms with Crippen LogP contribution in [-0.2, 0) is 40.8 Å². The number of benzene rings is 1. The minimum absolute atomic E-state index is 0.177. The van der Waals surface area contributed by atoms with Gasteiger partial charge in [0.15, 0.2) is 0 Å². The van der Waals surface area contributed by atoms with Crippen molar-refractivity contribution in [1.29, 1.82) is 0 Å². The molecule has 0 saturated carbocycles. The summed E-state index contributed by atoms with van der Waals surface area (Å²) in [6, 6.07) is 7.89.